The number of hydrogen-bond donors (Lipinski definition) is 0. The molecule has 2 rings (SSSR count). The average Bonchev–Trinajstić information content (AvgIpc) is 2.41. The lowest BCUT2D eigenvalue weighted by Gasteiger charge is -2.01. The molecule has 0 aliphatic heterocycles. The molecule has 0 radical (unpaired) electrons. The third-order valence-corrected chi connectivity index (χ3v) is 4.06. The summed E-state index contributed by atoms with van der Waals surface area (Å²) < 4.78 is 5.60. The van der Waals surface area contributed by atoms with E-state index < -0.39 is 0 Å². The molecule has 0 amide bonds. The summed E-state index contributed by atoms with van der Waals surface area (Å²) in [6.45, 7) is 8.85. The summed E-state index contributed by atoms with van der Waals surface area (Å²) in [5.74, 6) is 2.09. The number of furan rings is 1. The van der Waals surface area contributed by atoms with Gasteiger partial charge in [0.1, 0.15) is 11.5 Å². The minimum Gasteiger partial charge on any atom is -0.461 e. The maximum absolute atomic E-state index is 5.60. The Hall–Kier alpha value is -0.893. The quantitative estimate of drug-likeness (QED) is 0.573. The lowest BCUT2D eigenvalue weighted by atomic mass is 10.2. The summed E-state index contributed by atoms with van der Waals surface area (Å²) in [5.41, 5.74) is 2.74. The Bertz CT molecular complexity index is 417. The highest BCUT2D eigenvalue weighted by Gasteiger charge is 2.20. The van der Waals surface area contributed by atoms with Crippen molar-refractivity contribution in [3.63, 3.8) is 0 Å². The molecule has 68 valence electrons. The van der Waals surface area contributed by atoms with Crippen LogP contribution in [0.5, 0.6) is 0 Å². The second kappa shape index (κ2) is 2.81. The molecule has 0 bridgehead atoms. The number of rotatable bonds is 0. The molecule has 0 fully saturated rings. The fourth-order valence-electron chi connectivity index (χ4n) is 1.98. The van der Waals surface area contributed by atoms with Gasteiger partial charge in [-0.05, 0) is 36.7 Å². The number of aryl methyl sites for hydroxylation is 1. The first kappa shape index (κ1) is 8.69. The average molecular weight is 190 g/mol. The van der Waals surface area contributed by atoms with Gasteiger partial charge in [0.2, 0.25) is 0 Å². The molecular formula is C11H14OSi. The van der Waals surface area contributed by atoms with Gasteiger partial charge in [-0.1, -0.05) is 13.1 Å². The van der Waals surface area contributed by atoms with Gasteiger partial charge >= 0.3 is 0 Å². The molecule has 1 heterocycles. The molecule has 13 heavy (non-hydrogen) atoms. The molecule has 0 saturated carbocycles. The van der Waals surface area contributed by atoms with Crippen LogP contribution in [0.25, 0.3) is 6.08 Å². The smallest absolute Gasteiger partial charge is 0.134 e. The first-order valence-corrected chi connectivity index (χ1v) is 7.06. The van der Waals surface area contributed by atoms with Crippen molar-refractivity contribution in [3.8, 4) is 0 Å². The zero-order valence-electron chi connectivity index (χ0n) is 8.56. The van der Waals surface area contributed by atoms with Crippen molar-refractivity contribution in [1.29, 1.82) is 0 Å². The Balaban J connectivity index is 2.67. The van der Waals surface area contributed by atoms with Gasteiger partial charge < -0.3 is 4.42 Å². The van der Waals surface area contributed by atoms with Crippen LogP contribution in [0.3, 0.4) is 0 Å². The van der Waals surface area contributed by atoms with Crippen LogP contribution >= 0.6 is 0 Å². The molecule has 1 nitrogen and oxygen atoms in total. The van der Waals surface area contributed by atoms with Gasteiger partial charge in [-0.25, -0.2) is 0 Å². The van der Waals surface area contributed by atoms with E-state index in [1.807, 2.05) is 6.92 Å². The summed E-state index contributed by atoms with van der Waals surface area (Å²) >= 11 is 0. The molecule has 1 aliphatic carbocycles. The maximum Gasteiger partial charge on any atom is 0.134 e. The van der Waals surface area contributed by atoms with Crippen LogP contribution in [0.15, 0.2) is 16.1 Å². The van der Waals surface area contributed by atoms with E-state index >= 15 is 0 Å². The van der Waals surface area contributed by atoms with Crippen molar-refractivity contribution >= 4 is 19.7 Å². The van der Waals surface area contributed by atoms with Crippen LogP contribution in [0.2, 0.25) is 13.1 Å². The molecule has 0 aromatic carbocycles. The zero-order chi connectivity index (χ0) is 9.59. The molecule has 0 spiro atoms. The van der Waals surface area contributed by atoms with Crippen molar-refractivity contribution in [1.82, 2.24) is 0 Å². The van der Waals surface area contributed by atoms with Gasteiger partial charge in [-0.3, -0.25) is 0 Å². The summed E-state index contributed by atoms with van der Waals surface area (Å²) in [4.78, 5) is 0. The van der Waals surface area contributed by atoms with E-state index in [1.54, 1.807) is 0 Å². The van der Waals surface area contributed by atoms with E-state index in [0.29, 0.717) is 0 Å². The Morgan fingerprint density at radius 3 is 2.54 bits per heavy atom. The predicted molar refractivity (Wildman–Crippen MR) is 58.7 cm³/mol. The molecule has 0 atom stereocenters. The maximum atomic E-state index is 5.60. The van der Waals surface area contributed by atoms with E-state index in [9.17, 15) is 0 Å². The highest BCUT2D eigenvalue weighted by atomic mass is 28.2. The minimum absolute atomic E-state index is 0.371. The molecule has 0 unspecified atom stereocenters. The molecule has 1 aromatic rings. The molecule has 2 heteroatoms. The third-order valence-electron chi connectivity index (χ3n) is 2.40. The molecular weight excluding hydrogens is 176 g/mol. The topological polar surface area (TPSA) is 13.1 Å². The van der Waals surface area contributed by atoms with Gasteiger partial charge in [0.25, 0.3) is 0 Å². The zero-order valence-corrected chi connectivity index (χ0v) is 9.56. The van der Waals surface area contributed by atoms with E-state index in [0.717, 1.165) is 11.5 Å². The standard InChI is InChI=1S/C11H14OSi/c1-7-5-10-9(6-8(2)12-10)11(7)13(3)4/h5-6H,1-4H3. The highest BCUT2D eigenvalue weighted by molar-refractivity contribution is 6.75. The van der Waals surface area contributed by atoms with E-state index in [2.05, 4.69) is 32.2 Å². The Morgan fingerprint density at radius 1 is 1.23 bits per heavy atom. The van der Waals surface area contributed by atoms with Gasteiger partial charge in [-0.15, -0.1) is 0 Å². The SMILES string of the molecule is CC1=Cc2oc(C)cc2C1=[Si](C)C. The Morgan fingerprint density at radius 2 is 1.92 bits per heavy atom. The molecule has 0 N–H and O–H groups in total. The van der Waals surface area contributed by atoms with Gasteiger partial charge in [-0.2, -0.15) is 0 Å². The summed E-state index contributed by atoms with van der Waals surface area (Å²) in [6, 6.07) is 2.16. The fourth-order valence-corrected chi connectivity index (χ4v) is 3.57. The second-order valence-electron chi connectivity index (χ2n) is 3.84. The van der Waals surface area contributed by atoms with Crippen molar-refractivity contribution in [2.45, 2.75) is 26.9 Å². The Labute approximate surface area is 80.3 Å². The largest absolute Gasteiger partial charge is 0.461 e. The van der Waals surface area contributed by atoms with Crippen LogP contribution in [-0.4, -0.2) is 13.6 Å². The summed E-state index contributed by atoms with van der Waals surface area (Å²) in [5, 5.41) is 1.54. The normalized spacial score (nSPS) is 14.5. The van der Waals surface area contributed by atoms with Crippen molar-refractivity contribution in [2.75, 3.05) is 0 Å². The van der Waals surface area contributed by atoms with Crippen LogP contribution in [0.1, 0.15) is 24.0 Å². The third kappa shape index (κ3) is 1.25. The van der Waals surface area contributed by atoms with Gasteiger partial charge in [0, 0.05) is 14.0 Å². The Kier molecular flexibility index (Phi) is 1.88. The summed E-state index contributed by atoms with van der Waals surface area (Å²) in [7, 11) is -0.371. The van der Waals surface area contributed by atoms with Crippen LogP contribution in [0, 0.1) is 6.92 Å². The lowest BCUT2D eigenvalue weighted by molar-refractivity contribution is 0.525. The van der Waals surface area contributed by atoms with Crippen molar-refractivity contribution in [3.05, 3.63) is 28.7 Å². The molecule has 1 aromatic heterocycles. The van der Waals surface area contributed by atoms with Crippen molar-refractivity contribution < 1.29 is 4.42 Å². The van der Waals surface area contributed by atoms with E-state index in [1.165, 1.54) is 16.3 Å². The van der Waals surface area contributed by atoms with E-state index in [4.69, 9.17) is 4.42 Å². The van der Waals surface area contributed by atoms with Crippen LogP contribution in [-0.2, 0) is 0 Å². The van der Waals surface area contributed by atoms with Crippen LogP contribution in [0.4, 0.5) is 0 Å². The van der Waals surface area contributed by atoms with Crippen LogP contribution < -0.4 is 0 Å². The molecule has 1 aliphatic rings. The van der Waals surface area contributed by atoms with Gasteiger partial charge in [0.15, 0.2) is 0 Å². The second-order valence-corrected chi connectivity index (χ2v) is 6.34. The number of allylic oxidation sites excluding steroid dienone is 1. The number of fused-ring (bicyclic) bond motifs is 1. The highest BCUT2D eigenvalue weighted by Crippen LogP contribution is 2.27. The predicted octanol–water partition coefficient (Wildman–Crippen LogP) is 2.86. The number of hydrogen-bond acceptors (Lipinski definition) is 1. The summed E-state index contributed by atoms with van der Waals surface area (Å²) in [6.07, 6.45) is 2.16. The fraction of sp³-hybridized carbons (Fsp3) is 0.364. The van der Waals surface area contributed by atoms with Gasteiger partial charge in [0.05, 0.1) is 0 Å². The molecule has 0 saturated heterocycles. The van der Waals surface area contributed by atoms with E-state index in [-0.39, 0.29) is 8.41 Å². The minimum atomic E-state index is -0.371. The van der Waals surface area contributed by atoms with Crippen molar-refractivity contribution in [2.24, 2.45) is 0 Å². The first-order valence-electron chi connectivity index (χ1n) is 4.56. The monoisotopic (exact) mass is 190 g/mol. The first-order chi connectivity index (χ1) is 6.09. The lowest BCUT2D eigenvalue weighted by Crippen LogP contribution is -2.09.